The van der Waals surface area contributed by atoms with Gasteiger partial charge in [-0.3, -0.25) is 4.79 Å². The Balaban J connectivity index is -0.000000147. The van der Waals surface area contributed by atoms with Crippen LogP contribution in [0.1, 0.15) is 0 Å². The van der Waals surface area contributed by atoms with Crippen molar-refractivity contribution in [3.63, 3.8) is 0 Å². The number of rotatable bonds is 5. The van der Waals surface area contributed by atoms with Gasteiger partial charge in [-0.25, -0.2) is 10.5 Å². The first-order valence-corrected chi connectivity index (χ1v) is 4.27. The highest BCUT2D eigenvalue weighted by atomic mass is 31.1. The third kappa shape index (κ3) is 42.1. The third-order valence-electron chi connectivity index (χ3n) is 0.592. The Morgan fingerprint density at radius 2 is 1.60 bits per heavy atom. The van der Waals surface area contributed by atoms with E-state index in [9.17, 15) is 0 Å². The zero-order valence-electron chi connectivity index (χ0n) is 7.81. The van der Waals surface area contributed by atoms with Crippen molar-refractivity contribution >= 4 is 15.3 Å². The van der Waals surface area contributed by atoms with Crippen LogP contribution in [0.15, 0.2) is 12.7 Å². The number of carbonyl (C=O) groups excluding carboxylic acids is 1. The fraction of sp³-hybridized carbons (Fsp3) is 0.500. The molecule has 0 amide bonds. The van der Waals surface area contributed by atoms with E-state index in [2.05, 4.69) is 15.9 Å². The molecule has 0 heterocycles. The van der Waals surface area contributed by atoms with Crippen molar-refractivity contribution < 1.29 is 40.0 Å². The number of carbonyl (C=O) groups is 1. The Labute approximate surface area is 88.2 Å². The van der Waals surface area contributed by atoms with E-state index in [-0.39, 0.29) is 13.2 Å². The van der Waals surface area contributed by atoms with Gasteiger partial charge in [0.1, 0.15) is 12.4 Å². The highest BCUT2D eigenvalue weighted by Crippen LogP contribution is 2.05. The SMILES string of the molecule is C=CC=O.OCC(O)CO.OOPOO. The van der Waals surface area contributed by atoms with Crippen LogP contribution >= 0.6 is 9.03 Å². The van der Waals surface area contributed by atoms with E-state index in [0.717, 1.165) is 0 Å². The highest BCUT2D eigenvalue weighted by Gasteiger charge is 1.93. The summed E-state index contributed by atoms with van der Waals surface area (Å²) in [6.45, 7) is 2.38. The van der Waals surface area contributed by atoms with Gasteiger partial charge in [-0.2, -0.15) is 9.35 Å². The molecular weight excluding hydrogens is 231 g/mol. The Kier molecular flexibility index (Phi) is 31.3. The van der Waals surface area contributed by atoms with Crippen molar-refractivity contribution in [3.8, 4) is 0 Å². The van der Waals surface area contributed by atoms with Crippen molar-refractivity contribution in [2.24, 2.45) is 0 Å². The van der Waals surface area contributed by atoms with Crippen LogP contribution in [0.4, 0.5) is 0 Å². The average Bonchev–Trinajstić information content (AvgIpc) is 2.30. The number of hydrogen-bond donors (Lipinski definition) is 5. The fourth-order valence-corrected chi connectivity index (χ4v) is 0.108. The molecule has 0 saturated heterocycles. The molecule has 0 aromatic carbocycles. The smallest absolute Gasteiger partial charge is 0.231 e. The van der Waals surface area contributed by atoms with Crippen LogP contribution in [0, 0.1) is 0 Å². The molecule has 5 N–H and O–H groups in total. The van der Waals surface area contributed by atoms with Crippen molar-refractivity contribution in [2.75, 3.05) is 13.2 Å². The molecule has 0 atom stereocenters. The Hall–Kier alpha value is -0.440. The molecule has 0 spiro atoms. The van der Waals surface area contributed by atoms with Crippen molar-refractivity contribution in [3.05, 3.63) is 12.7 Å². The maximum absolute atomic E-state index is 9.06. The standard InChI is InChI=1S/C3H8O3.C3H4O.H3O4P/c4-1-3(6)2-5;1-2-3-4;1-3-5-4-2/h3-6H,1-2H2;2-3H,1H2;1-2,5H. The van der Waals surface area contributed by atoms with E-state index >= 15 is 0 Å². The minimum atomic E-state index is -0.954. The van der Waals surface area contributed by atoms with Crippen molar-refractivity contribution in [1.29, 1.82) is 0 Å². The summed E-state index contributed by atoms with van der Waals surface area (Å²) >= 11 is 0. The lowest BCUT2D eigenvalue weighted by Crippen LogP contribution is -2.15. The summed E-state index contributed by atoms with van der Waals surface area (Å²) in [6.07, 6.45) is 0.880. The van der Waals surface area contributed by atoms with E-state index < -0.39 is 15.1 Å². The summed E-state index contributed by atoms with van der Waals surface area (Å²) in [6, 6.07) is 0. The Morgan fingerprint density at radius 1 is 1.27 bits per heavy atom. The zero-order chi connectivity index (χ0) is 12.5. The summed E-state index contributed by atoms with van der Waals surface area (Å²) in [5, 5.41) is 38.6. The number of aldehydes is 1. The molecule has 0 aliphatic carbocycles. The minimum Gasteiger partial charge on any atom is -0.394 e. The summed E-state index contributed by atoms with van der Waals surface area (Å²) in [4.78, 5) is 9.06. The van der Waals surface area contributed by atoms with Gasteiger partial charge in [0.05, 0.1) is 13.2 Å². The molecule has 0 radical (unpaired) electrons. The Morgan fingerprint density at radius 3 is 1.60 bits per heavy atom. The van der Waals surface area contributed by atoms with Crippen molar-refractivity contribution in [2.45, 2.75) is 6.10 Å². The normalized spacial score (nSPS) is 8.13. The van der Waals surface area contributed by atoms with E-state index in [1.165, 1.54) is 6.08 Å². The molecule has 0 aliphatic heterocycles. The lowest BCUT2D eigenvalue weighted by Gasteiger charge is -1.96. The number of allylic oxidation sites excluding steroid dienone is 1. The first kappa shape index (κ1) is 20.0. The van der Waals surface area contributed by atoms with Crippen LogP contribution in [0.3, 0.4) is 0 Å². The topological polar surface area (TPSA) is 137 Å². The van der Waals surface area contributed by atoms with E-state index in [1.807, 2.05) is 0 Å². The van der Waals surface area contributed by atoms with Crippen LogP contribution in [0.5, 0.6) is 0 Å². The number of aliphatic hydroxyl groups excluding tert-OH is 3. The lowest BCUT2D eigenvalue weighted by atomic mass is 10.4. The molecule has 8 nitrogen and oxygen atoms in total. The van der Waals surface area contributed by atoms with Gasteiger partial charge in [-0.1, -0.05) is 6.58 Å². The quantitative estimate of drug-likeness (QED) is 0.139. The summed E-state index contributed by atoms with van der Waals surface area (Å²) < 4.78 is 6.49. The van der Waals surface area contributed by atoms with Gasteiger partial charge < -0.3 is 15.3 Å². The first-order chi connectivity index (χ1) is 7.14. The van der Waals surface area contributed by atoms with Gasteiger partial charge in [-0.15, -0.1) is 0 Å². The summed E-state index contributed by atoms with van der Waals surface area (Å²) in [5.41, 5.74) is 0. The first-order valence-electron chi connectivity index (χ1n) is 3.46. The molecule has 0 unspecified atom stereocenters. The summed E-state index contributed by atoms with van der Waals surface area (Å²) in [5.74, 6) is 0. The maximum atomic E-state index is 9.06. The number of aliphatic hydroxyl groups is 3. The number of hydrogen-bond acceptors (Lipinski definition) is 8. The lowest BCUT2D eigenvalue weighted by molar-refractivity contribution is -0.186. The van der Waals surface area contributed by atoms with Crippen LogP contribution in [0.25, 0.3) is 0 Å². The van der Waals surface area contributed by atoms with E-state index in [0.29, 0.717) is 6.29 Å². The highest BCUT2D eigenvalue weighted by molar-refractivity contribution is 7.25. The largest absolute Gasteiger partial charge is 0.394 e. The molecular formula is C6H15O8P. The molecule has 0 fully saturated rings. The van der Waals surface area contributed by atoms with Gasteiger partial charge >= 0.3 is 0 Å². The van der Waals surface area contributed by atoms with Crippen molar-refractivity contribution in [1.82, 2.24) is 0 Å². The van der Waals surface area contributed by atoms with Gasteiger partial charge in [-0.05, 0) is 6.08 Å². The van der Waals surface area contributed by atoms with Crippen LogP contribution in [-0.4, -0.2) is 51.4 Å². The molecule has 0 rings (SSSR count). The third-order valence-corrected chi connectivity index (χ3v) is 0.741. The Bertz CT molecular complexity index is 110. The second kappa shape index (κ2) is 23.4. The van der Waals surface area contributed by atoms with Crippen LogP contribution in [-0.2, 0) is 14.1 Å². The second-order valence-electron chi connectivity index (χ2n) is 1.66. The monoisotopic (exact) mass is 246 g/mol. The molecule has 0 bridgehead atoms. The van der Waals surface area contributed by atoms with Crippen LogP contribution in [0.2, 0.25) is 0 Å². The van der Waals surface area contributed by atoms with Crippen LogP contribution < -0.4 is 0 Å². The molecule has 92 valence electrons. The van der Waals surface area contributed by atoms with E-state index in [1.54, 1.807) is 0 Å². The predicted octanol–water partition coefficient (Wildman–Crippen LogP) is -0.823. The zero-order valence-corrected chi connectivity index (χ0v) is 8.81. The molecule has 15 heavy (non-hydrogen) atoms. The van der Waals surface area contributed by atoms with Gasteiger partial charge in [0.25, 0.3) is 0 Å². The molecule has 9 heteroatoms. The van der Waals surface area contributed by atoms with Gasteiger partial charge in [0.2, 0.25) is 9.03 Å². The van der Waals surface area contributed by atoms with Gasteiger partial charge in [0, 0.05) is 0 Å². The second-order valence-corrected chi connectivity index (χ2v) is 2.19. The molecule has 0 aliphatic rings. The average molecular weight is 246 g/mol. The molecule has 0 aromatic heterocycles. The van der Waals surface area contributed by atoms with E-state index in [4.69, 9.17) is 30.6 Å². The minimum absolute atomic E-state index is 0.365. The predicted molar refractivity (Wildman–Crippen MR) is 52.2 cm³/mol. The molecule has 0 saturated carbocycles. The molecule has 0 aromatic rings. The maximum Gasteiger partial charge on any atom is 0.231 e. The van der Waals surface area contributed by atoms with Gasteiger partial charge in [0.15, 0.2) is 0 Å². The summed E-state index contributed by atoms with van der Waals surface area (Å²) in [7, 11) is -0.691. The fourth-order valence-electron chi connectivity index (χ4n) is 0.0744.